The quantitative estimate of drug-likeness (QED) is 0.147. The lowest BCUT2D eigenvalue weighted by Crippen LogP contribution is -2.71. The average Bonchev–Trinajstić information content (AvgIpc) is 3.53. The Morgan fingerprint density at radius 2 is 2.13 bits per heavy atom. The zero-order valence-corrected chi connectivity index (χ0v) is 21.6. The minimum absolute atomic E-state index is 0.153. The van der Waals surface area contributed by atoms with Crippen molar-refractivity contribution in [2.45, 2.75) is 24.9 Å². The van der Waals surface area contributed by atoms with Crippen LogP contribution in [-0.4, -0.2) is 67.9 Å². The number of amides is 2. The number of carbonyl (C=O) groups is 3. The number of anilines is 1. The highest BCUT2D eigenvalue weighted by Gasteiger charge is 2.53. The first-order valence-electron chi connectivity index (χ1n) is 11.1. The number of carbonyl (C=O) groups excluding carboxylic acids is 3. The van der Waals surface area contributed by atoms with Crippen molar-refractivity contribution in [3.05, 3.63) is 52.8 Å². The Morgan fingerprint density at radius 1 is 1.37 bits per heavy atom. The van der Waals surface area contributed by atoms with E-state index >= 15 is 0 Å². The van der Waals surface area contributed by atoms with Crippen molar-refractivity contribution in [3.63, 3.8) is 0 Å². The second kappa shape index (κ2) is 10.2. The monoisotopic (exact) mass is 556 g/mol. The van der Waals surface area contributed by atoms with E-state index in [1.165, 1.54) is 24.3 Å². The van der Waals surface area contributed by atoms with Crippen molar-refractivity contribution in [3.8, 4) is 11.5 Å². The molecule has 0 aliphatic carbocycles. The van der Waals surface area contributed by atoms with E-state index in [1.807, 2.05) is 0 Å². The summed E-state index contributed by atoms with van der Waals surface area (Å²) in [7, 11) is 1.27. The number of rotatable bonds is 8. The molecule has 16 heteroatoms. The van der Waals surface area contributed by atoms with E-state index in [4.69, 9.17) is 15.0 Å². The average molecular weight is 557 g/mol. The number of fused-ring (bicyclic) bond motifs is 1. The van der Waals surface area contributed by atoms with Crippen LogP contribution in [0.25, 0.3) is 11.5 Å². The molecular formula is C22H20N8O6S2. The van der Waals surface area contributed by atoms with E-state index in [9.17, 15) is 19.5 Å². The highest BCUT2D eigenvalue weighted by molar-refractivity contribution is 8.00. The Kier molecular flexibility index (Phi) is 6.81. The number of thiazole rings is 1. The highest BCUT2D eigenvalue weighted by atomic mass is 32.2. The zero-order chi connectivity index (χ0) is 27.0. The molecule has 0 unspecified atom stereocenters. The predicted molar refractivity (Wildman–Crippen MR) is 132 cm³/mol. The molecule has 5 heterocycles. The molecule has 14 nitrogen and oxygen atoms in total. The van der Waals surface area contributed by atoms with Crippen LogP contribution >= 0.6 is 23.1 Å². The first kappa shape index (κ1) is 25.3. The van der Waals surface area contributed by atoms with Gasteiger partial charge in [0.05, 0.1) is 17.2 Å². The van der Waals surface area contributed by atoms with Gasteiger partial charge in [-0.25, -0.2) is 9.55 Å². The summed E-state index contributed by atoms with van der Waals surface area (Å²) < 4.78 is 7.18. The molecule has 3 aromatic rings. The first-order valence-corrected chi connectivity index (χ1v) is 13.0. The van der Waals surface area contributed by atoms with Crippen molar-refractivity contribution in [1.82, 2.24) is 25.4 Å². The number of nitrogens with one attached hydrogen (secondary N) is 1. The Morgan fingerprint density at radius 3 is 2.74 bits per heavy atom. The van der Waals surface area contributed by atoms with E-state index in [0.717, 1.165) is 16.2 Å². The minimum atomic E-state index is -1.47. The van der Waals surface area contributed by atoms with Crippen LogP contribution < -0.4 is 20.7 Å². The summed E-state index contributed by atoms with van der Waals surface area (Å²) in [6, 6.07) is 2.56. The molecule has 0 spiro atoms. The molecule has 0 saturated carbocycles. The largest absolute Gasteiger partial charge is 0.543 e. The molecule has 3 aromatic heterocycles. The fourth-order valence-corrected chi connectivity index (χ4v) is 5.92. The van der Waals surface area contributed by atoms with Crippen LogP contribution in [0.1, 0.15) is 11.6 Å². The van der Waals surface area contributed by atoms with Crippen LogP contribution in [0.4, 0.5) is 5.13 Å². The summed E-state index contributed by atoms with van der Waals surface area (Å²) in [6.45, 7) is 1.90. The molecule has 2 amide bonds. The number of carboxylic acids is 1. The third-order valence-corrected chi connectivity index (χ3v) is 7.74. The molecule has 2 aliphatic heterocycles. The van der Waals surface area contributed by atoms with Crippen molar-refractivity contribution in [2.75, 3.05) is 18.6 Å². The molecule has 2 atom stereocenters. The van der Waals surface area contributed by atoms with Gasteiger partial charge >= 0.3 is 0 Å². The summed E-state index contributed by atoms with van der Waals surface area (Å²) >= 11 is 2.45. The third-order valence-electron chi connectivity index (χ3n) is 5.73. The molecule has 0 radical (unpaired) electrons. The van der Waals surface area contributed by atoms with E-state index in [1.54, 1.807) is 36.0 Å². The molecule has 1 fully saturated rings. The van der Waals surface area contributed by atoms with Gasteiger partial charge in [0.2, 0.25) is 11.8 Å². The molecule has 196 valence electrons. The molecular weight excluding hydrogens is 536 g/mol. The van der Waals surface area contributed by atoms with E-state index in [2.05, 4.69) is 25.7 Å². The van der Waals surface area contributed by atoms with E-state index in [0.29, 0.717) is 28.7 Å². The van der Waals surface area contributed by atoms with Gasteiger partial charge in [0.1, 0.15) is 24.2 Å². The highest BCUT2D eigenvalue weighted by Crippen LogP contribution is 2.40. The van der Waals surface area contributed by atoms with Gasteiger partial charge in [-0.05, 0) is 0 Å². The van der Waals surface area contributed by atoms with Gasteiger partial charge in [0.25, 0.3) is 11.8 Å². The number of nitrogen functional groups attached to an aromatic ring is 1. The summed E-state index contributed by atoms with van der Waals surface area (Å²) in [5, 5.41) is 27.3. The number of thioether (sulfide) groups is 1. The summed E-state index contributed by atoms with van der Waals surface area (Å²) in [6.07, 6.45) is 3.49. The van der Waals surface area contributed by atoms with Crippen LogP contribution in [0.5, 0.6) is 0 Å². The summed E-state index contributed by atoms with van der Waals surface area (Å²) in [5.41, 5.74) is 6.69. The second-order valence-electron chi connectivity index (χ2n) is 8.18. The molecule has 0 aromatic carbocycles. The van der Waals surface area contributed by atoms with Gasteiger partial charge in [-0.3, -0.25) is 14.5 Å². The van der Waals surface area contributed by atoms with Crippen LogP contribution in [0, 0.1) is 6.92 Å². The van der Waals surface area contributed by atoms with Gasteiger partial charge in [0, 0.05) is 35.8 Å². The number of aliphatic carboxylic acids is 1. The van der Waals surface area contributed by atoms with Crippen LogP contribution in [0.3, 0.4) is 0 Å². The van der Waals surface area contributed by atoms with Crippen molar-refractivity contribution >= 4 is 51.7 Å². The number of β-lactam (4-membered cyclic amide) rings is 1. The number of nitrogens with two attached hydrogens (primary N) is 1. The lowest BCUT2D eigenvalue weighted by Gasteiger charge is -2.50. The van der Waals surface area contributed by atoms with Crippen molar-refractivity contribution < 1.29 is 33.3 Å². The summed E-state index contributed by atoms with van der Waals surface area (Å²) in [4.78, 5) is 47.9. The molecule has 38 heavy (non-hydrogen) atoms. The topological polar surface area (TPSA) is 193 Å². The van der Waals surface area contributed by atoms with Crippen molar-refractivity contribution in [2.24, 2.45) is 5.16 Å². The number of hydrogen-bond acceptors (Lipinski definition) is 13. The second-order valence-corrected chi connectivity index (χ2v) is 10.2. The van der Waals surface area contributed by atoms with Gasteiger partial charge in [0.15, 0.2) is 29.8 Å². The van der Waals surface area contributed by atoms with Crippen molar-refractivity contribution in [1.29, 1.82) is 0 Å². The fourth-order valence-electron chi connectivity index (χ4n) is 4.03. The normalized spacial score (nSPS) is 19.2. The van der Waals surface area contributed by atoms with E-state index in [-0.39, 0.29) is 28.8 Å². The smallest absolute Gasteiger partial charge is 0.276 e. The predicted octanol–water partition coefficient (Wildman–Crippen LogP) is -1.17. The Bertz CT molecular complexity index is 1480. The maximum atomic E-state index is 13.0. The number of oxime groups is 1. The SMILES string of the molecule is CO/N=C(\C(=O)N[C@@H]1C(=O)N2C(C(=O)[O-])=C(C[n+]3ccc(-c4nnc(C)o4)cc3)CS[C@@H]12)c1csc(N)n1. The lowest BCUT2D eigenvalue weighted by atomic mass is 10.0. The molecule has 1 saturated heterocycles. The van der Waals surface area contributed by atoms with Crippen LogP contribution in [-0.2, 0) is 25.8 Å². The third kappa shape index (κ3) is 4.70. The molecule has 2 aliphatic rings. The number of aromatic nitrogens is 4. The van der Waals surface area contributed by atoms with Gasteiger partial charge in [-0.15, -0.1) is 33.3 Å². The number of hydrogen-bond donors (Lipinski definition) is 2. The standard InChI is InChI=1S/C22H20N8O6S2/c1-10-26-27-18(36-10)11-3-5-29(6-4-11)7-12-8-37-20-15(19(32)30(20)16(12)21(33)34)25-17(31)14(28-35-2)13-9-38-22(23)24-13/h3-6,9,15,20H,7-8H2,1-2H3,(H3-,23,24,25,31,33,34)/b28-14-/t15-,20+/m1/s1. The number of nitrogens with zero attached hydrogens (tertiary/aromatic N) is 6. The Hall–Kier alpha value is -4.31. The fraction of sp³-hybridized carbons (Fsp3) is 0.273. The Labute approximate surface area is 223 Å². The Balaban J connectivity index is 1.32. The number of pyridine rings is 1. The lowest BCUT2D eigenvalue weighted by molar-refractivity contribution is -0.689. The van der Waals surface area contributed by atoms with E-state index < -0.39 is 29.2 Å². The van der Waals surface area contributed by atoms with Gasteiger partial charge in [-0.2, -0.15) is 0 Å². The number of aryl methyl sites for hydroxylation is 1. The van der Waals surface area contributed by atoms with Gasteiger partial charge in [-0.1, -0.05) is 5.16 Å². The maximum Gasteiger partial charge on any atom is 0.276 e. The number of carboxylic acid groups (broad SMARTS) is 1. The molecule has 5 rings (SSSR count). The minimum Gasteiger partial charge on any atom is -0.543 e. The maximum absolute atomic E-state index is 13.0. The van der Waals surface area contributed by atoms with Crippen LogP contribution in [0.15, 0.2) is 50.7 Å². The van der Waals surface area contributed by atoms with Crippen LogP contribution in [0.2, 0.25) is 0 Å². The molecule has 3 N–H and O–H groups in total. The summed E-state index contributed by atoms with van der Waals surface area (Å²) in [5.74, 6) is -1.62. The van der Waals surface area contributed by atoms with Gasteiger partial charge < -0.3 is 30.2 Å². The molecule has 0 bridgehead atoms. The zero-order valence-electron chi connectivity index (χ0n) is 20.0. The first-order chi connectivity index (χ1) is 18.3.